The van der Waals surface area contributed by atoms with E-state index in [0.29, 0.717) is 13.0 Å². The van der Waals surface area contributed by atoms with Crippen LogP contribution in [0.2, 0.25) is 0 Å². The zero-order chi connectivity index (χ0) is 10.8. The van der Waals surface area contributed by atoms with E-state index in [-0.39, 0.29) is 5.78 Å². The molecule has 1 aromatic carbocycles. The van der Waals surface area contributed by atoms with Gasteiger partial charge in [-0.25, -0.2) is 0 Å². The number of benzene rings is 1. The molecule has 3 heteroatoms. The lowest BCUT2D eigenvalue weighted by molar-refractivity contribution is -0.116. The highest BCUT2D eigenvalue weighted by atomic mass is 16.5. The lowest BCUT2D eigenvalue weighted by atomic mass is 10.0. The molecule has 80 valence electrons. The van der Waals surface area contributed by atoms with Crippen molar-refractivity contribution in [3.05, 3.63) is 23.3 Å². The Hall–Kier alpha value is -1.51. The van der Waals surface area contributed by atoms with Crippen molar-refractivity contribution in [2.45, 2.75) is 19.8 Å². The third-order valence-corrected chi connectivity index (χ3v) is 2.48. The maximum atomic E-state index is 11.0. The summed E-state index contributed by atoms with van der Waals surface area (Å²) in [5, 5.41) is 0. The van der Waals surface area contributed by atoms with Gasteiger partial charge in [-0.2, -0.15) is 0 Å². The maximum absolute atomic E-state index is 11.0. The van der Waals surface area contributed by atoms with Crippen molar-refractivity contribution < 1.29 is 14.3 Å². The van der Waals surface area contributed by atoms with Crippen LogP contribution in [0.3, 0.4) is 0 Å². The van der Waals surface area contributed by atoms with Gasteiger partial charge >= 0.3 is 0 Å². The van der Waals surface area contributed by atoms with Gasteiger partial charge in [0.15, 0.2) is 11.5 Å². The second kappa shape index (κ2) is 3.93. The first-order chi connectivity index (χ1) is 7.20. The summed E-state index contributed by atoms with van der Waals surface area (Å²) in [6.45, 7) is 2.30. The number of carbonyl (C=O) groups is 1. The molecule has 0 bridgehead atoms. The summed E-state index contributed by atoms with van der Waals surface area (Å²) in [5.74, 6) is 1.74. The van der Waals surface area contributed by atoms with Crippen LogP contribution in [-0.2, 0) is 17.6 Å². The molecule has 1 aliphatic rings. The predicted molar refractivity (Wildman–Crippen MR) is 56.6 cm³/mol. The van der Waals surface area contributed by atoms with Gasteiger partial charge < -0.3 is 9.47 Å². The van der Waals surface area contributed by atoms with Crippen molar-refractivity contribution in [3.63, 3.8) is 0 Å². The average molecular weight is 206 g/mol. The molecule has 0 amide bonds. The van der Waals surface area contributed by atoms with Gasteiger partial charge in [-0.05, 0) is 18.6 Å². The second-order valence-electron chi connectivity index (χ2n) is 3.76. The first-order valence-electron chi connectivity index (χ1n) is 5.02. The number of methoxy groups -OCH3 is 1. The highest BCUT2D eigenvalue weighted by Crippen LogP contribution is 2.36. The van der Waals surface area contributed by atoms with E-state index in [1.54, 1.807) is 14.0 Å². The Morgan fingerprint density at radius 3 is 3.00 bits per heavy atom. The molecule has 0 radical (unpaired) electrons. The van der Waals surface area contributed by atoms with E-state index in [9.17, 15) is 4.79 Å². The molecule has 0 N–H and O–H groups in total. The molecular formula is C12H14O3. The molecular weight excluding hydrogens is 192 g/mol. The van der Waals surface area contributed by atoms with Gasteiger partial charge in [0.05, 0.1) is 13.7 Å². The smallest absolute Gasteiger partial charge is 0.164 e. The number of fused-ring (bicyclic) bond motifs is 1. The molecule has 15 heavy (non-hydrogen) atoms. The lowest BCUT2D eigenvalue weighted by Gasteiger charge is -2.08. The van der Waals surface area contributed by atoms with Crippen LogP contribution in [0.25, 0.3) is 0 Å². The quantitative estimate of drug-likeness (QED) is 0.756. The van der Waals surface area contributed by atoms with Crippen LogP contribution in [0.1, 0.15) is 18.1 Å². The van der Waals surface area contributed by atoms with Crippen LogP contribution in [-0.4, -0.2) is 19.5 Å². The SMILES string of the molecule is COc1cc(CC(C)=O)cc2c1OCC2. The lowest BCUT2D eigenvalue weighted by Crippen LogP contribution is -1.98. The third kappa shape index (κ3) is 1.96. The molecule has 0 saturated heterocycles. The van der Waals surface area contributed by atoms with Crippen LogP contribution in [0, 0.1) is 0 Å². The first-order valence-corrected chi connectivity index (χ1v) is 5.02. The van der Waals surface area contributed by atoms with Crippen LogP contribution in [0.15, 0.2) is 12.1 Å². The van der Waals surface area contributed by atoms with Crippen molar-refractivity contribution in [2.24, 2.45) is 0 Å². The highest BCUT2D eigenvalue weighted by Gasteiger charge is 2.18. The fraction of sp³-hybridized carbons (Fsp3) is 0.417. The first kappa shape index (κ1) is 10.0. The van der Waals surface area contributed by atoms with Gasteiger partial charge in [-0.15, -0.1) is 0 Å². The minimum Gasteiger partial charge on any atom is -0.493 e. The van der Waals surface area contributed by atoms with Crippen LogP contribution in [0.5, 0.6) is 11.5 Å². The summed E-state index contributed by atoms with van der Waals surface area (Å²) in [6.07, 6.45) is 1.36. The van der Waals surface area contributed by atoms with Crippen molar-refractivity contribution in [2.75, 3.05) is 13.7 Å². The fourth-order valence-corrected chi connectivity index (χ4v) is 1.88. The molecule has 1 aliphatic heterocycles. The number of rotatable bonds is 3. The van der Waals surface area contributed by atoms with Crippen LogP contribution in [0.4, 0.5) is 0 Å². The molecule has 0 aromatic heterocycles. The Bertz CT molecular complexity index is 396. The van der Waals surface area contributed by atoms with E-state index < -0.39 is 0 Å². The summed E-state index contributed by atoms with van der Waals surface area (Å²) < 4.78 is 10.7. The minimum atomic E-state index is 0.163. The fourth-order valence-electron chi connectivity index (χ4n) is 1.88. The molecule has 0 aliphatic carbocycles. The van der Waals surface area contributed by atoms with Crippen molar-refractivity contribution in [3.8, 4) is 11.5 Å². The molecule has 3 nitrogen and oxygen atoms in total. The largest absolute Gasteiger partial charge is 0.493 e. The summed E-state index contributed by atoms with van der Waals surface area (Å²) in [4.78, 5) is 11.0. The Kier molecular flexibility index (Phi) is 2.62. The number of ether oxygens (including phenoxy) is 2. The zero-order valence-corrected chi connectivity index (χ0v) is 9.00. The normalized spacial score (nSPS) is 13.2. The number of hydrogen-bond acceptors (Lipinski definition) is 3. The van der Waals surface area contributed by atoms with E-state index >= 15 is 0 Å². The van der Waals surface area contributed by atoms with Gasteiger partial charge in [-0.1, -0.05) is 6.07 Å². The van der Waals surface area contributed by atoms with E-state index in [4.69, 9.17) is 9.47 Å². The number of ketones is 1. The molecule has 0 saturated carbocycles. The Labute approximate surface area is 89.0 Å². The van der Waals surface area contributed by atoms with Gasteiger partial charge in [0.25, 0.3) is 0 Å². The Balaban J connectivity index is 2.38. The van der Waals surface area contributed by atoms with Gasteiger partial charge in [-0.3, -0.25) is 4.79 Å². The van der Waals surface area contributed by atoms with Crippen LogP contribution >= 0.6 is 0 Å². The number of carbonyl (C=O) groups excluding carboxylic acids is 1. The zero-order valence-electron chi connectivity index (χ0n) is 9.00. The molecule has 1 aromatic rings. The van der Waals surface area contributed by atoms with E-state index in [0.717, 1.165) is 29.0 Å². The summed E-state index contributed by atoms with van der Waals surface area (Å²) in [6, 6.07) is 3.91. The standard InChI is InChI=1S/C12H14O3/c1-8(13)5-9-6-10-3-4-15-12(10)11(7-9)14-2/h6-7H,3-5H2,1-2H3. The minimum absolute atomic E-state index is 0.163. The summed E-state index contributed by atoms with van der Waals surface area (Å²) >= 11 is 0. The highest BCUT2D eigenvalue weighted by molar-refractivity contribution is 5.78. The van der Waals surface area contributed by atoms with Crippen molar-refractivity contribution in [1.29, 1.82) is 0 Å². The van der Waals surface area contributed by atoms with Crippen LogP contribution < -0.4 is 9.47 Å². The number of hydrogen-bond donors (Lipinski definition) is 0. The Morgan fingerprint density at radius 2 is 2.33 bits per heavy atom. The predicted octanol–water partition coefficient (Wildman–Crippen LogP) is 1.76. The van der Waals surface area contributed by atoms with E-state index in [1.165, 1.54) is 0 Å². The topological polar surface area (TPSA) is 35.5 Å². The van der Waals surface area contributed by atoms with Crippen molar-refractivity contribution >= 4 is 5.78 Å². The maximum Gasteiger partial charge on any atom is 0.164 e. The third-order valence-electron chi connectivity index (χ3n) is 2.48. The molecule has 2 rings (SSSR count). The van der Waals surface area contributed by atoms with E-state index in [1.807, 2.05) is 12.1 Å². The van der Waals surface area contributed by atoms with Crippen molar-refractivity contribution in [1.82, 2.24) is 0 Å². The Morgan fingerprint density at radius 1 is 1.53 bits per heavy atom. The van der Waals surface area contributed by atoms with Gasteiger partial charge in [0, 0.05) is 18.4 Å². The average Bonchev–Trinajstić information content (AvgIpc) is 2.63. The summed E-state index contributed by atoms with van der Waals surface area (Å²) in [7, 11) is 1.62. The molecule has 0 atom stereocenters. The monoisotopic (exact) mass is 206 g/mol. The van der Waals surface area contributed by atoms with E-state index in [2.05, 4.69) is 0 Å². The van der Waals surface area contributed by atoms with Gasteiger partial charge in [0.1, 0.15) is 5.78 Å². The molecule has 0 fully saturated rings. The second-order valence-corrected chi connectivity index (χ2v) is 3.76. The number of Topliss-reactive ketones (excluding diaryl/α,β-unsaturated/α-hetero) is 1. The molecule has 0 spiro atoms. The summed E-state index contributed by atoms with van der Waals surface area (Å²) in [5.41, 5.74) is 2.15. The molecule has 0 unspecified atom stereocenters. The molecule has 1 heterocycles. The van der Waals surface area contributed by atoms with Gasteiger partial charge in [0.2, 0.25) is 0 Å².